The van der Waals surface area contributed by atoms with E-state index in [1.807, 2.05) is 0 Å². The van der Waals surface area contributed by atoms with E-state index in [0.717, 1.165) is 4.90 Å². The first-order valence-corrected chi connectivity index (χ1v) is 5.67. The van der Waals surface area contributed by atoms with Crippen molar-refractivity contribution < 1.29 is 4.39 Å². The Morgan fingerprint density at radius 1 is 1.12 bits per heavy atom. The van der Waals surface area contributed by atoms with Crippen LogP contribution in [-0.4, -0.2) is 9.97 Å². The molecule has 0 amide bonds. The highest BCUT2D eigenvalue weighted by Gasteiger charge is 1.99. The summed E-state index contributed by atoms with van der Waals surface area (Å²) in [6.07, 6.45) is 3.15. The molecular weight excluding hydrogens is 225 g/mol. The molecule has 0 aliphatic rings. The minimum absolute atomic E-state index is 0.229. The fourth-order valence-corrected chi connectivity index (χ4v) is 1.89. The standard InChI is InChI=1S/C11H10FN3S/c12-8-1-3-10(4-2-8)16-7-11-14-5-9(13)6-15-11/h1-6H,7,13H2. The monoisotopic (exact) mass is 235 g/mol. The Kier molecular flexibility index (Phi) is 3.36. The van der Waals surface area contributed by atoms with Crippen LogP contribution in [0.3, 0.4) is 0 Å². The molecule has 0 radical (unpaired) electrons. The number of nitrogens with two attached hydrogens (primary N) is 1. The van der Waals surface area contributed by atoms with Gasteiger partial charge in [0.2, 0.25) is 0 Å². The van der Waals surface area contributed by atoms with Crippen molar-refractivity contribution in [3.05, 3.63) is 48.3 Å². The minimum Gasteiger partial charge on any atom is -0.396 e. The van der Waals surface area contributed by atoms with E-state index in [1.54, 1.807) is 36.3 Å². The van der Waals surface area contributed by atoms with Gasteiger partial charge in [0.1, 0.15) is 11.6 Å². The van der Waals surface area contributed by atoms with Crippen LogP contribution in [0, 0.1) is 5.82 Å². The van der Waals surface area contributed by atoms with Crippen molar-refractivity contribution in [2.75, 3.05) is 5.73 Å². The molecule has 16 heavy (non-hydrogen) atoms. The Morgan fingerprint density at radius 2 is 1.75 bits per heavy atom. The number of halogens is 1. The summed E-state index contributed by atoms with van der Waals surface area (Å²) in [6.45, 7) is 0. The van der Waals surface area contributed by atoms with Crippen molar-refractivity contribution in [2.45, 2.75) is 10.6 Å². The number of nitrogens with zero attached hydrogens (tertiary/aromatic N) is 2. The van der Waals surface area contributed by atoms with E-state index < -0.39 is 0 Å². The summed E-state index contributed by atoms with van der Waals surface area (Å²) in [5, 5.41) is 0. The Morgan fingerprint density at radius 3 is 2.38 bits per heavy atom. The SMILES string of the molecule is Nc1cnc(CSc2ccc(F)cc2)nc1. The lowest BCUT2D eigenvalue weighted by molar-refractivity contribution is 0.626. The van der Waals surface area contributed by atoms with Gasteiger partial charge < -0.3 is 5.73 Å². The van der Waals surface area contributed by atoms with E-state index in [2.05, 4.69) is 9.97 Å². The minimum atomic E-state index is -0.229. The van der Waals surface area contributed by atoms with Crippen molar-refractivity contribution in [2.24, 2.45) is 0 Å². The Balaban J connectivity index is 1.97. The van der Waals surface area contributed by atoms with Crippen LogP contribution in [0.5, 0.6) is 0 Å². The van der Waals surface area contributed by atoms with Crippen LogP contribution in [0.1, 0.15) is 5.82 Å². The molecule has 2 N–H and O–H groups in total. The summed E-state index contributed by atoms with van der Waals surface area (Å²) in [5.41, 5.74) is 6.03. The van der Waals surface area contributed by atoms with Crippen LogP contribution in [0.2, 0.25) is 0 Å². The molecule has 0 unspecified atom stereocenters. The average molecular weight is 235 g/mol. The summed E-state index contributed by atoms with van der Waals surface area (Å²) >= 11 is 1.56. The number of thioether (sulfide) groups is 1. The average Bonchev–Trinajstić information content (AvgIpc) is 2.30. The lowest BCUT2D eigenvalue weighted by Crippen LogP contribution is -1.94. The van der Waals surface area contributed by atoms with Gasteiger partial charge in [0.05, 0.1) is 23.8 Å². The van der Waals surface area contributed by atoms with Crippen molar-refractivity contribution in [3.8, 4) is 0 Å². The molecule has 0 spiro atoms. The van der Waals surface area contributed by atoms with E-state index in [-0.39, 0.29) is 5.82 Å². The second-order valence-corrected chi connectivity index (χ2v) is 4.22. The van der Waals surface area contributed by atoms with Gasteiger partial charge in [-0.2, -0.15) is 0 Å². The highest BCUT2D eigenvalue weighted by molar-refractivity contribution is 7.98. The molecule has 1 aromatic carbocycles. The summed E-state index contributed by atoms with van der Waals surface area (Å²) < 4.78 is 12.6. The largest absolute Gasteiger partial charge is 0.396 e. The zero-order chi connectivity index (χ0) is 11.4. The third-order valence-electron chi connectivity index (χ3n) is 1.91. The third-order valence-corrected chi connectivity index (χ3v) is 2.91. The number of anilines is 1. The summed E-state index contributed by atoms with van der Waals surface area (Å²) in [6, 6.07) is 6.34. The Labute approximate surface area is 96.9 Å². The predicted molar refractivity (Wildman–Crippen MR) is 62.4 cm³/mol. The number of nitrogen functional groups attached to an aromatic ring is 1. The third kappa shape index (κ3) is 2.93. The van der Waals surface area contributed by atoms with Crippen LogP contribution >= 0.6 is 11.8 Å². The fraction of sp³-hybridized carbons (Fsp3) is 0.0909. The number of rotatable bonds is 3. The first-order valence-electron chi connectivity index (χ1n) is 4.69. The number of hydrogen-bond donors (Lipinski definition) is 1. The number of hydrogen-bond acceptors (Lipinski definition) is 4. The van der Waals surface area contributed by atoms with E-state index in [9.17, 15) is 4.39 Å². The van der Waals surface area contributed by atoms with Crippen LogP contribution in [-0.2, 0) is 5.75 Å². The molecular formula is C11H10FN3S. The van der Waals surface area contributed by atoms with Gasteiger partial charge in [0, 0.05) is 4.90 Å². The van der Waals surface area contributed by atoms with Gasteiger partial charge in [-0.15, -0.1) is 11.8 Å². The van der Waals surface area contributed by atoms with Gasteiger partial charge in [-0.1, -0.05) is 0 Å². The van der Waals surface area contributed by atoms with Gasteiger partial charge in [-0.05, 0) is 24.3 Å². The highest BCUT2D eigenvalue weighted by Crippen LogP contribution is 2.21. The van der Waals surface area contributed by atoms with Crippen LogP contribution < -0.4 is 5.73 Å². The molecule has 2 aromatic rings. The van der Waals surface area contributed by atoms with E-state index in [1.165, 1.54) is 12.1 Å². The van der Waals surface area contributed by atoms with Gasteiger partial charge in [-0.25, -0.2) is 14.4 Å². The van der Waals surface area contributed by atoms with Crippen LogP contribution in [0.25, 0.3) is 0 Å². The molecule has 0 bridgehead atoms. The predicted octanol–water partition coefficient (Wildman–Crippen LogP) is 2.49. The molecule has 2 rings (SSSR count). The maximum atomic E-state index is 12.6. The molecule has 0 saturated carbocycles. The van der Waals surface area contributed by atoms with E-state index in [4.69, 9.17) is 5.73 Å². The van der Waals surface area contributed by atoms with Crippen molar-refractivity contribution in [1.82, 2.24) is 9.97 Å². The van der Waals surface area contributed by atoms with Crippen molar-refractivity contribution in [3.63, 3.8) is 0 Å². The zero-order valence-electron chi connectivity index (χ0n) is 8.43. The second kappa shape index (κ2) is 4.94. The summed E-state index contributed by atoms with van der Waals surface area (Å²) in [7, 11) is 0. The number of benzene rings is 1. The molecule has 0 atom stereocenters. The Hall–Kier alpha value is -1.62. The molecule has 1 heterocycles. The van der Waals surface area contributed by atoms with Gasteiger partial charge in [-0.3, -0.25) is 0 Å². The van der Waals surface area contributed by atoms with Crippen molar-refractivity contribution in [1.29, 1.82) is 0 Å². The summed E-state index contributed by atoms with van der Waals surface area (Å²) in [4.78, 5) is 9.15. The quantitative estimate of drug-likeness (QED) is 0.830. The normalized spacial score (nSPS) is 10.3. The van der Waals surface area contributed by atoms with E-state index >= 15 is 0 Å². The molecule has 0 aliphatic heterocycles. The first-order chi connectivity index (χ1) is 7.74. The molecule has 0 fully saturated rings. The molecule has 0 saturated heterocycles. The molecule has 0 aliphatic carbocycles. The van der Waals surface area contributed by atoms with Crippen LogP contribution in [0.15, 0.2) is 41.6 Å². The zero-order valence-corrected chi connectivity index (χ0v) is 9.25. The fourth-order valence-electron chi connectivity index (χ4n) is 1.12. The maximum Gasteiger partial charge on any atom is 0.138 e. The lowest BCUT2D eigenvalue weighted by atomic mass is 10.4. The molecule has 82 valence electrons. The molecule has 5 heteroatoms. The molecule has 1 aromatic heterocycles. The maximum absolute atomic E-state index is 12.6. The van der Waals surface area contributed by atoms with Crippen LogP contribution in [0.4, 0.5) is 10.1 Å². The summed E-state index contributed by atoms with van der Waals surface area (Å²) in [5.74, 6) is 1.13. The van der Waals surface area contributed by atoms with Gasteiger partial charge in [0.25, 0.3) is 0 Å². The van der Waals surface area contributed by atoms with Gasteiger partial charge >= 0.3 is 0 Å². The van der Waals surface area contributed by atoms with E-state index in [0.29, 0.717) is 17.3 Å². The van der Waals surface area contributed by atoms with Gasteiger partial charge in [0.15, 0.2) is 0 Å². The smallest absolute Gasteiger partial charge is 0.138 e. The lowest BCUT2D eigenvalue weighted by Gasteiger charge is -2.00. The van der Waals surface area contributed by atoms with Crippen molar-refractivity contribution >= 4 is 17.4 Å². The highest BCUT2D eigenvalue weighted by atomic mass is 32.2. The molecule has 3 nitrogen and oxygen atoms in total. The first kappa shape index (κ1) is 10.9. The topological polar surface area (TPSA) is 51.8 Å². The second-order valence-electron chi connectivity index (χ2n) is 3.18. The Bertz CT molecular complexity index is 410. The number of aromatic nitrogens is 2.